The summed E-state index contributed by atoms with van der Waals surface area (Å²) in [4.78, 5) is 34.7. The number of amides is 2. The van der Waals surface area contributed by atoms with Crippen molar-refractivity contribution in [2.75, 3.05) is 19.6 Å². The minimum atomic E-state index is -0.242. The maximum atomic E-state index is 13.5. The lowest BCUT2D eigenvalue weighted by Gasteiger charge is -2.41. The van der Waals surface area contributed by atoms with Crippen molar-refractivity contribution in [3.63, 3.8) is 0 Å². The van der Waals surface area contributed by atoms with E-state index in [2.05, 4.69) is 25.1 Å². The van der Waals surface area contributed by atoms with Gasteiger partial charge in [0.05, 0.1) is 17.1 Å². The Morgan fingerprint density at radius 3 is 2.48 bits per heavy atom. The molecule has 2 saturated carbocycles. The second kappa shape index (κ2) is 8.60. The number of aromatic nitrogens is 2. The van der Waals surface area contributed by atoms with Gasteiger partial charge in [0.2, 0.25) is 5.91 Å². The molecular weight excluding hydrogens is 416 g/mol. The van der Waals surface area contributed by atoms with Crippen LogP contribution in [-0.2, 0) is 11.8 Å². The van der Waals surface area contributed by atoms with Crippen molar-refractivity contribution >= 4 is 28.4 Å². The standard InChI is InChI=1S/C26H34N4O3/c1-4-16(2)21-13-18(17-5-6-17)14-22-24(21)27-25(28(22)3)26(33)29-11-12-30(23(32)15-29)19-7-9-20(31)10-8-19/h4,13-14,17,19-20,31H,5-12,15H2,1-3H3/b16-4-. The number of imidazole rings is 1. The second-order valence-corrected chi connectivity index (χ2v) is 9.95. The van der Waals surface area contributed by atoms with Crippen LogP contribution in [0.1, 0.15) is 80.0 Å². The molecule has 0 atom stereocenters. The minimum absolute atomic E-state index is 0.00350. The molecule has 0 spiro atoms. The van der Waals surface area contributed by atoms with E-state index in [-0.39, 0.29) is 30.5 Å². The molecule has 1 aromatic heterocycles. The molecule has 3 aliphatic rings. The Morgan fingerprint density at radius 1 is 1.12 bits per heavy atom. The van der Waals surface area contributed by atoms with Crippen molar-refractivity contribution < 1.29 is 14.7 Å². The number of nitrogens with zero attached hydrogens (tertiary/aromatic N) is 4. The van der Waals surface area contributed by atoms with Crippen LogP contribution in [0.5, 0.6) is 0 Å². The normalized spacial score (nSPS) is 24.6. The molecule has 7 nitrogen and oxygen atoms in total. The third-order valence-corrected chi connectivity index (χ3v) is 7.76. The van der Waals surface area contributed by atoms with Crippen LogP contribution in [-0.4, -0.2) is 68.1 Å². The van der Waals surface area contributed by atoms with E-state index in [9.17, 15) is 14.7 Å². The van der Waals surface area contributed by atoms with Gasteiger partial charge < -0.3 is 19.5 Å². The topological polar surface area (TPSA) is 78.7 Å². The van der Waals surface area contributed by atoms with E-state index in [1.54, 1.807) is 4.90 Å². The van der Waals surface area contributed by atoms with Crippen molar-refractivity contribution in [2.24, 2.45) is 7.05 Å². The van der Waals surface area contributed by atoms with Gasteiger partial charge in [-0.3, -0.25) is 9.59 Å². The van der Waals surface area contributed by atoms with Crippen molar-refractivity contribution in [1.29, 1.82) is 0 Å². The Labute approximate surface area is 195 Å². The van der Waals surface area contributed by atoms with Gasteiger partial charge in [-0.2, -0.15) is 0 Å². The fourth-order valence-electron chi connectivity index (χ4n) is 5.37. The lowest BCUT2D eigenvalue weighted by Crippen LogP contribution is -2.56. The maximum absolute atomic E-state index is 13.5. The molecule has 176 valence electrons. The molecule has 33 heavy (non-hydrogen) atoms. The Morgan fingerprint density at radius 2 is 1.85 bits per heavy atom. The molecule has 0 bridgehead atoms. The van der Waals surface area contributed by atoms with E-state index in [4.69, 9.17) is 4.98 Å². The highest BCUT2D eigenvalue weighted by Crippen LogP contribution is 2.42. The molecular formula is C26H34N4O3. The van der Waals surface area contributed by atoms with Crippen LogP contribution in [0.25, 0.3) is 16.6 Å². The summed E-state index contributed by atoms with van der Waals surface area (Å²) in [5, 5.41) is 9.77. The summed E-state index contributed by atoms with van der Waals surface area (Å²) < 4.78 is 1.90. The number of aliphatic hydroxyl groups is 1. The van der Waals surface area contributed by atoms with E-state index in [1.165, 1.54) is 18.4 Å². The van der Waals surface area contributed by atoms with E-state index in [0.29, 0.717) is 24.8 Å². The first-order valence-corrected chi connectivity index (χ1v) is 12.3. The molecule has 5 rings (SSSR count). The number of hydrogen-bond donors (Lipinski definition) is 1. The molecule has 2 aliphatic carbocycles. The average molecular weight is 451 g/mol. The highest BCUT2D eigenvalue weighted by atomic mass is 16.3. The SMILES string of the molecule is C/C=C(/C)c1cc(C2CC2)cc2c1nc(C(=O)N1CCN(C3CCC(O)CC3)C(=O)C1)n2C. The third kappa shape index (κ3) is 4.07. The number of rotatable bonds is 4. The van der Waals surface area contributed by atoms with Gasteiger partial charge in [0.25, 0.3) is 5.91 Å². The molecule has 2 aromatic rings. The summed E-state index contributed by atoms with van der Waals surface area (Å²) in [5.74, 6) is 0.817. The first-order chi connectivity index (χ1) is 15.9. The molecule has 0 unspecified atom stereocenters. The van der Waals surface area contributed by atoms with Crippen LogP contribution in [0.15, 0.2) is 18.2 Å². The zero-order chi connectivity index (χ0) is 23.3. The van der Waals surface area contributed by atoms with Crippen molar-refractivity contribution in [3.8, 4) is 0 Å². The fraction of sp³-hybridized carbons (Fsp3) is 0.577. The first-order valence-electron chi connectivity index (χ1n) is 12.3. The number of hydrogen-bond acceptors (Lipinski definition) is 4. The number of benzene rings is 1. The summed E-state index contributed by atoms with van der Waals surface area (Å²) in [6, 6.07) is 4.60. The molecule has 2 heterocycles. The lowest BCUT2D eigenvalue weighted by molar-refractivity contribution is -0.138. The van der Waals surface area contributed by atoms with E-state index >= 15 is 0 Å². The maximum Gasteiger partial charge on any atom is 0.290 e. The van der Waals surface area contributed by atoms with Gasteiger partial charge in [0, 0.05) is 31.7 Å². The van der Waals surface area contributed by atoms with Gasteiger partial charge in [0.1, 0.15) is 6.54 Å². The van der Waals surface area contributed by atoms with E-state index in [1.807, 2.05) is 23.4 Å². The lowest BCUT2D eigenvalue weighted by atomic mass is 9.91. The number of carbonyl (C=O) groups is 2. The largest absolute Gasteiger partial charge is 0.393 e. The third-order valence-electron chi connectivity index (χ3n) is 7.76. The van der Waals surface area contributed by atoms with Crippen molar-refractivity contribution in [3.05, 3.63) is 35.2 Å². The van der Waals surface area contributed by atoms with E-state index < -0.39 is 0 Å². The van der Waals surface area contributed by atoms with Gasteiger partial charge in [0.15, 0.2) is 5.82 Å². The van der Waals surface area contributed by atoms with Crippen LogP contribution in [0, 0.1) is 0 Å². The summed E-state index contributed by atoms with van der Waals surface area (Å²) >= 11 is 0. The summed E-state index contributed by atoms with van der Waals surface area (Å²) in [6.07, 6.45) is 7.44. The molecule has 3 fully saturated rings. The number of carbonyl (C=O) groups excluding carboxylic acids is 2. The second-order valence-electron chi connectivity index (χ2n) is 9.95. The molecule has 1 aliphatic heterocycles. The summed E-state index contributed by atoms with van der Waals surface area (Å²) in [7, 11) is 1.90. The number of allylic oxidation sites excluding steroid dienone is 2. The first kappa shape index (κ1) is 22.1. The highest BCUT2D eigenvalue weighted by Gasteiger charge is 2.35. The highest BCUT2D eigenvalue weighted by molar-refractivity contribution is 5.99. The van der Waals surface area contributed by atoms with Crippen LogP contribution in [0.2, 0.25) is 0 Å². The molecule has 1 aromatic carbocycles. The quantitative estimate of drug-likeness (QED) is 0.774. The Balaban J connectivity index is 1.40. The van der Waals surface area contributed by atoms with Gasteiger partial charge in [-0.05, 0) is 81.6 Å². The number of aryl methyl sites for hydroxylation is 1. The van der Waals surface area contributed by atoms with Crippen LogP contribution >= 0.6 is 0 Å². The van der Waals surface area contributed by atoms with Crippen molar-refractivity contribution in [2.45, 2.75) is 70.4 Å². The molecule has 7 heteroatoms. The molecule has 1 saturated heterocycles. The average Bonchev–Trinajstić information content (AvgIpc) is 3.62. The van der Waals surface area contributed by atoms with Gasteiger partial charge in [-0.25, -0.2) is 4.98 Å². The monoisotopic (exact) mass is 450 g/mol. The smallest absolute Gasteiger partial charge is 0.290 e. The van der Waals surface area contributed by atoms with Crippen LogP contribution < -0.4 is 0 Å². The number of piperazine rings is 1. The molecule has 1 N–H and O–H groups in total. The Kier molecular flexibility index (Phi) is 5.77. The fourth-order valence-corrected chi connectivity index (χ4v) is 5.37. The number of aliphatic hydroxyl groups excluding tert-OH is 1. The summed E-state index contributed by atoms with van der Waals surface area (Å²) in [5.41, 5.74) is 5.39. The zero-order valence-electron chi connectivity index (χ0n) is 19.9. The Hall–Kier alpha value is -2.67. The van der Waals surface area contributed by atoms with Gasteiger partial charge in [-0.1, -0.05) is 6.08 Å². The predicted octanol–water partition coefficient (Wildman–Crippen LogP) is 3.46. The van der Waals surface area contributed by atoms with Crippen molar-refractivity contribution in [1.82, 2.24) is 19.4 Å². The van der Waals surface area contributed by atoms with Crippen LogP contribution in [0.4, 0.5) is 0 Å². The zero-order valence-corrected chi connectivity index (χ0v) is 19.9. The van der Waals surface area contributed by atoms with Gasteiger partial charge >= 0.3 is 0 Å². The minimum Gasteiger partial charge on any atom is -0.393 e. The van der Waals surface area contributed by atoms with Gasteiger partial charge in [-0.15, -0.1) is 0 Å². The summed E-state index contributed by atoms with van der Waals surface area (Å²) in [6.45, 7) is 5.27. The predicted molar refractivity (Wildman–Crippen MR) is 128 cm³/mol. The van der Waals surface area contributed by atoms with E-state index in [0.717, 1.165) is 47.9 Å². The molecule has 0 radical (unpaired) electrons. The van der Waals surface area contributed by atoms with Crippen LogP contribution in [0.3, 0.4) is 0 Å². The number of fused-ring (bicyclic) bond motifs is 1. The Bertz CT molecular complexity index is 1120. The molecule has 2 amide bonds.